The number of esters is 4. The van der Waals surface area contributed by atoms with Gasteiger partial charge in [0.25, 0.3) is 0 Å². The van der Waals surface area contributed by atoms with E-state index in [4.69, 9.17) is 28.4 Å². The van der Waals surface area contributed by atoms with Crippen LogP contribution in [0, 0.1) is 0 Å². The van der Waals surface area contributed by atoms with Crippen LogP contribution in [0.3, 0.4) is 0 Å². The molecule has 0 aliphatic carbocycles. The maximum Gasteiger partial charge on any atom is 0.338 e. The lowest BCUT2D eigenvalue weighted by Gasteiger charge is -2.49. The monoisotopic (exact) mass is 834 g/mol. The minimum atomic E-state index is -1.83. The summed E-state index contributed by atoms with van der Waals surface area (Å²) < 4.78 is 38.2. The van der Waals surface area contributed by atoms with Crippen molar-refractivity contribution < 1.29 is 52.7 Å². The predicted octanol–water partition coefficient (Wildman–Crippen LogP) is 8.36. The summed E-state index contributed by atoms with van der Waals surface area (Å²) in [6, 6.07) is 46.1. The lowest BCUT2D eigenvalue weighted by atomic mass is 9.87. The first-order valence-corrected chi connectivity index (χ1v) is 20.3. The topological polar surface area (TPSA) is 144 Å². The normalized spacial score (nSPS) is 19.4. The molecule has 7 rings (SSSR count). The van der Waals surface area contributed by atoms with Crippen molar-refractivity contribution in [3.05, 3.63) is 208 Å². The lowest BCUT2D eigenvalue weighted by molar-refractivity contribution is -0.310. The van der Waals surface area contributed by atoms with Gasteiger partial charge in [-0.2, -0.15) is 0 Å². The summed E-state index contributed by atoms with van der Waals surface area (Å²) in [5.74, 6) is -2.91. The summed E-state index contributed by atoms with van der Waals surface area (Å²) in [6.07, 6.45) is -5.15. The number of carbonyl (C=O) groups excluding carboxylic acids is 4. The van der Waals surface area contributed by atoms with Crippen LogP contribution in [0.15, 0.2) is 164 Å². The Labute approximate surface area is 359 Å². The van der Waals surface area contributed by atoms with E-state index in [-0.39, 0.29) is 34.6 Å². The first kappa shape index (κ1) is 43.0. The van der Waals surface area contributed by atoms with Gasteiger partial charge in [-0.05, 0) is 90.2 Å². The standard InChI is InChI=1S/C51H46O11/c1-3-34-24-26-35(27-25-34)30-41-29-28-36(32-52)31-42(41)58-50-44(60-48(55)39-20-12-6-13-21-39)43(59-47(54)38-18-10-5-11-19-38)45(61-49(56)40-22-14-7-15-23-40)51(2,62-50)33-57-46(53)37-16-8-4-9-17-37/h4-29,31,43-45,50,52H,3,30,32-33H2,1-2H3/t43-,44-,45+,50-,51-/m1/s1. The van der Waals surface area contributed by atoms with Gasteiger partial charge in [-0.1, -0.05) is 116 Å². The molecule has 1 aliphatic rings. The zero-order valence-electron chi connectivity index (χ0n) is 34.3. The average molecular weight is 835 g/mol. The molecule has 1 aliphatic heterocycles. The Balaban J connectivity index is 1.36. The minimum absolute atomic E-state index is 0.155. The molecule has 11 nitrogen and oxygen atoms in total. The van der Waals surface area contributed by atoms with Gasteiger partial charge in [0.15, 0.2) is 12.2 Å². The zero-order valence-corrected chi connectivity index (χ0v) is 34.3. The van der Waals surface area contributed by atoms with Crippen LogP contribution in [0.5, 0.6) is 5.75 Å². The van der Waals surface area contributed by atoms with Gasteiger partial charge in [-0.3, -0.25) is 0 Å². The third kappa shape index (κ3) is 10.4. The van der Waals surface area contributed by atoms with Gasteiger partial charge in [-0.25, -0.2) is 19.2 Å². The molecule has 0 amide bonds. The van der Waals surface area contributed by atoms with Crippen molar-refractivity contribution in [2.24, 2.45) is 0 Å². The predicted molar refractivity (Wildman–Crippen MR) is 229 cm³/mol. The second kappa shape index (κ2) is 20.0. The van der Waals surface area contributed by atoms with Crippen molar-refractivity contribution in [1.82, 2.24) is 0 Å². The van der Waals surface area contributed by atoms with Crippen LogP contribution in [0.4, 0.5) is 0 Å². The maximum absolute atomic E-state index is 14.1. The van der Waals surface area contributed by atoms with Crippen molar-refractivity contribution in [3.63, 3.8) is 0 Å². The van der Waals surface area contributed by atoms with Crippen LogP contribution in [0.2, 0.25) is 0 Å². The molecule has 6 aromatic rings. The molecule has 0 spiro atoms. The summed E-state index contributed by atoms with van der Waals surface area (Å²) in [6.45, 7) is 2.75. The molecule has 316 valence electrons. The summed E-state index contributed by atoms with van der Waals surface area (Å²) in [4.78, 5) is 55.7. The van der Waals surface area contributed by atoms with E-state index in [2.05, 4.69) is 6.92 Å². The van der Waals surface area contributed by atoms with Gasteiger partial charge in [0.05, 0.1) is 28.9 Å². The van der Waals surface area contributed by atoms with Gasteiger partial charge in [-0.15, -0.1) is 0 Å². The largest absolute Gasteiger partial charge is 0.460 e. The zero-order chi connectivity index (χ0) is 43.5. The third-order valence-corrected chi connectivity index (χ3v) is 10.5. The van der Waals surface area contributed by atoms with Gasteiger partial charge in [0, 0.05) is 6.42 Å². The molecule has 6 aromatic carbocycles. The van der Waals surface area contributed by atoms with E-state index in [1.54, 1.807) is 133 Å². The average Bonchev–Trinajstić information content (AvgIpc) is 3.32. The Bertz CT molecular complexity index is 2440. The van der Waals surface area contributed by atoms with Gasteiger partial charge in [0.1, 0.15) is 18.0 Å². The van der Waals surface area contributed by atoms with Gasteiger partial charge >= 0.3 is 23.9 Å². The first-order chi connectivity index (χ1) is 30.1. The molecular weight excluding hydrogens is 789 g/mol. The molecular formula is C51H46O11. The summed E-state index contributed by atoms with van der Waals surface area (Å²) in [5.41, 5.74) is 2.25. The number of hydrogen-bond acceptors (Lipinski definition) is 11. The number of aliphatic hydroxyl groups excluding tert-OH is 1. The number of aryl methyl sites for hydroxylation is 1. The fourth-order valence-corrected chi connectivity index (χ4v) is 7.07. The fraction of sp³-hybridized carbons (Fsp3) is 0.216. The molecule has 0 saturated carbocycles. The molecule has 1 N–H and O–H groups in total. The Morgan fingerprint density at radius 1 is 0.565 bits per heavy atom. The van der Waals surface area contributed by atoms with E-state index in [0.717, 1.165) is 12.0 Å². The van der Waals surface area contributed by atoms with Crippen molar-refractivity contribution in [3.8, 4) is 5.75 Å². The molecule has 0 radical (unpaired) electrons. The maximum atomic E-state index is 14.1. The van der Waals surface area contributed by atoms with E-state index >= 15 is 0 Å². The number of rotatable bonds is 15. The number of hydrogen-bond donors (Lipinski definition) is 1. The lowest BCUT2D eigenvalue weighted by Crippen LogP contribution is -2.69. The van der Waals surface area contributed by atoms with Gasteiger partial charge < -0.3 is 33.5 Å². The highest BCUT2D eigenvalue weighted by atomic mass is 16.7. The van der Waals surface area contributed by atoms with Crippen LogP contribution in [-0.2, 0) is 43.1 Å². The Morgan fingerprint density at radius 3 is 1.52 bits per heavy atom. The smallest absolute Gasteiger partial charge is 0.338 e. The molecule has 11 heteroatoms. The highest BCUT2D eigenvalue weighted by Gasteiger charge is 2.60. The van der Waals surface area contributed by atoms with Crippen molar-refractivity contribution in [1.29, 1.82) is 0 Å². The molecule has 0 unspecified atom stereocenters. The number of benzene rings is 6. The Hall–Kier alpha value is -7.08. The summed E-state index contributed by atoms with van der Waals surface area (Å²) in [7, 11) is 0. The van der Waals surface area contributed by atoms with E-state index < -0.39 is 60.7 Å². The van der Waals surface area contributed by atoms with E-state index in [1.165, 1.54) is 12.5 Å². The van der Waals surface area contributed by atoms with Crippen LogP contribution < -0.4 is 4.74 Å². The second-order valence-electron chi connectivity index (χ2n) is 15.0. The molecule has 1 fully saturated rings. The van der Waals surface area contributed by atoms with Crippen LogP contribution in [0.1, 0.15) is 77.5 Å². The van der Waals surface area contributed by atoms with E-state index in [9.17, 15) is 24.3 Å². The molecule has 1 saturated heterocycles. The SMILES string of the molecule is CCc1ccc(Cc2ccc(CO)cc2O[C@@H]2O[C@](C)(COC(=O)c3ccccc3)[C@@H](OC(=O)c3ccccc3)[C@H](OC(=O)c3ccccc3)[C@H]2OC(=O)c2ccccc2)cc1. The first-order valence-electron chi connectivity index (χ1n) is 20.3. The van der Waals surface area contributed by atoms with Crippen LogP contribution >= 0.6 is 0 Å². The third-order valence-electron chi connectivity index (χ3n) is 10.5. The van der Waals surface area contributed by atoms with E-state index in [1.807, 2.05) is 30.3 Å². The van der Waals surface area contributed by atoms with Crippen LogP contribution in [-0.4, -0.2) is 65.8 Å². The minimum Gasteiger partial charge on any atom is -0.460 e. The summed E-state index contributed by atoms with van der Waals surface area (Å²) >= 11 is 0. The van der Waals surface area contributed by atoms with Crippen LogP contribution in [0.25, 0.3) is 0 Å². The summed E-state index contributed by atoms with van der Waals surface area (Å²) in [5, 5.41) is 10.3. The molecule has 62 heavy (non-hydrogen) atoms. The molecule has 0 bridgehead atoms. The molecule has 5 atom stereocenters. The molecule has 1 heterocycles. The second-order valence-corrected chi connectivity index (χ2v) is 15.0. The van der Waals surface area contributed by atoms with Crippen molar-refractivity contribution in [2.45, 2.75) is 63.5 Å². The Kier molecular flexibility index (Phi) is 13.9. The molecule has 0 aromatic heterocycles. The number of aliphatic hydroxyl groups is 1. The van der Waals surface area contributed by atoms with Crippen molar-refractivity contribution in [2.75, 3.05) is 6.61 Å². The van der Waals surface area contributed by atoms with Gasteiger partial charge in [0.2, 0.25) is 12.4 Å². The highest BCUT2D eigenvalue weighted by Crippen LogP contribution is 2.39. The number of ether oxygens (including phenoxy) is 6. The van der Waals surface area contributed by atoms with Crippen molar-refractivity contribution >= 4 is 23.9 Å². The number of carbonyl (C=O) groups is 4. The fourth-order valence-electron chi connectivity index (χ4n) is 7.07. The highest BCUT2D eigenvalue weighted by molar-refractivity contribution is 5.91. The Morgan fingerprint density at radius 2 is 1.02 bits per heavy atom. The quantitative estimate of drug-likeness (QED) is 0.0788. The van der Waals surface area contributed by atoms with E-state index in [0.29, 0.717) is 17.5 Å².